The van der Waals surface area contributed by atoms with E-state index in [4.69, 9.17) is 5.26 Å². The Labute approximate surface area is 134 Å². The van der Waals surface area contributed by atoms with Crippen molar-refractivity contribution in [2.24, 2.45) is 0 Å². The van der Waals surface area contributed by atoms with Crippen molar-refractivity contribution < 1.29 is 9.59 Å². The van der Waals surface area contributed by atoms with E-state index in [9.17, 15) is 9.59 Å². The van der Waals surface area contributed by atoms with Crippen LogP contribution in [0.3, 0.4) is 0 Å². The van der Waals surface area contributed by atoms with Crippen molar-refractivity contribution in [2.75, 3.05) is 5.32 Å². The van der Waals surface area contributed by atoms with E-state index in [2.05, 4.69) is 10.6 Å². The summed E-state index contributed by atoms with van der Waals surface area (Å²) in [6, 6.07) is 18.5. The lowest BCUT2D eigenvalue weighted by Crippen LogP contribution is -2.23. The molecule has 2 N–H and O–H groups in total. The van der Waals surface area contributed by atoms with E-state index in [0.717, 1.165) is 11.1 Å². The van der Waals surface area contributed by atoms with Crippen LogP contribution in [0.2, 0.25) is 0 Å². The molecule has 2 rings (SSSR count). The molecule has 5 heteroatoms. The molecule has 0 saturated heterocycles. The first-order valence-electron chi connectivity index (χ1n) is 7.24. The maximum atomic E-state index is 12.1. The molecular weight excluding hydrogens is 290 g/mol. The highest BCUT2D eigenvalue weighted by atomic mass is 16.2. The Balaban J connectivity index is 1.98. The summed E-state index contributed by atoms with van der Waals surface area (Å²) in [7, 11) is 0. The van der Waals surface area contributed by atoms with E-state index >= 15 is 0 Å². The molecule has 0 heterocycles. The summed E-state index contributed by atoms with van der Waals surface area (Å²) in [6.45, 7) is 0.266. The number of rotatable bonds is 6. The van der Waals surface area contributed by atoms with Crippen molar-refractivity contribution >= 4 is 17.5 Å². The number of carbonyl (C=O) groups is 2. The van der Waals surface area contributed by atoms with Gasteiger partial charge in [-0.05, 0) is 17.2 Å². The Morgan fingerprint density at radius 3 is 2.39 bits per heavy atom. The zero-order valence-corrected chi connectivity index (χ0v) is 12.6. The van der Waals surface area contributed by atoms with Crippen molar-refractivity contribution in [3.63, 3.8) is 0 Å². The summed E-state index contributed by atoms with van der Waals surface area (Å²) in [5.74, 6) is -0.454. The molecule has 2 amide bonds. The molecule has 0 atom stereocenters. The van der Waals surface area contributed by atoms with Gasteiger partial charge in [0.2, 0.25) is 11.8 Å². The van der Waals surface area contributed by atoms with Gasteiger partial charge in [-0.1, -0.05) is 48.5 Å². The standard InChI is InChI=1S/C18H17N3O2/c19-11-10-17(22)20-13-15-8-4-5-9-16(15)21-18(23)12-14-6-2-1-3-7-14/h1-9H,10,12-13H2,(H,20,22)(H,21,23). The number of benzene rings is 2. The molecule has 0 saturated carbocycles. The number of nitrogens with zero attached hydrogens (tertiary/aromatic N) is 1. The third kappa shape index (κ3) is 5.29. The minimum atomic E-state index is -0.335. The normalized spacial score (nSPS) is 9.70. The lowest BCUT2D eigenvalue weighted by Gasteiger charge is -2.11. The van der Waals surface area contributed by atoms with Crippen LogP contribution < -0.4 is 10.6 Å². The van der Waals surface area contributed by atoms with Crippen molar-refractivity contribution in [1.82, 2.24) is 5.32 Å². The third-order valence-electron chi connectivity index (χ3n) is 3.21. The molecule has 0 aliphatic heterocycles. The van der Waals surface area contributed by atoms with E-state index in [0.29, 0.717) is 5.69 Å². The van der Waals surface area contributed by atoms with Crippen LogP contribution in [0.5, 0.6) is 0 Å². The molecule has 2 aromatic rings. The molecule has 0 aromatic heterocycles. The van der Waals surface area contributed by atoms with Crippen LogP contribution in [0.15, 0.2) is 54.6 Å². The lowest BCUT2D eigenvalue weighted by molar-refractivity contribution is -0.120. The van der Waals surface area contributed by atoms with E-state index < -0.39 is 0 Å². The first-order valence-corrected chi connectivity index (χ1v) is 7.24. The van der Waals surface area contributed by atoms with Gasteiger partial charge in [0.05, 0.1) is 12.5 Å². The minimum absolute atomic E-state index is 0.119. The van der Waals surface area contributed by atoms with Crippen molar-refractivity contribution in [3.05, 3.63) is 65.7 Å². The minimum Gasteiger partial charge on any atom is -0.351 e. The monoisotopic (exact) mass is 307 g/mol. The fraction of sp³-hybridized carbons (Fsp3) is 0.167. The zero-order valence-electron chi connectivity index (χ0n) is 12.6. The van der Waals surface area contributed by atoms with Crippen LogP contribution in [0.1, 0.15) is 17.5 Å². The van der Waals surface area contributed by atoms with Gasteiger partial charge < -0.3 is 10.6 Å². The second-order valence-electron chi connectivity index (χ2n) is 4.98. The summed E-state index contributed by atoms with van der Waals surface area (Å²) < 4.78 is 0. The summed E-state index contributed by atoms with van der Waals surface area (Å²) in [4.78, 5) is 23.5. The van der Waals surface area contributed by atoms with Gasteiger partial charge in [0.15, 0.2) is 0 Å². The largest absolute Gasteiger partial charge is 0.351 e. The Bertz CT molecular complexity index is 721. The highest BCUT2D eigenvalue weighted by molar-refractivity contribution is 5.93. The zero-order chi connectivity index (χ0) is 16.5. The summed E-state index contributed by atoms with van der Waals surface area (Å²) >= 11 is 0. The third-order valence-corrected chi connectivity index (χ3v) is 3.21. The van der Waals surface area contributed by atoms with Gasteiger partial charge in [0.1, 0.15) is 6.42 Å². The van der Waals surface area contributed by atoms with E-state index in [1.807, 2.05) is 48.5 Å². The first-order chi connectivity index (χ1) is 11.2. The van der Waals surface area contributed by atoms with Gasteiger partial charge in [0.25, 0.3) is 0 Å². The number of nitriles is 1. The maximum absolute atomic E-state index is 12.1. The molecule has 2 aromatic carbocycles. The maximum Gasteiger partial charge on any atom is 0.234 e. The Morgan fingerprint density at radius 2 is 1.65 bits per heavy atom. The van der Waals surface area contributed by atoms with Gasteiger partial charge in [-0.3, -0.25) is 9.59 Å². The number of anilines is 1. The Hall–Kier alpha value is -3.13. The number of carbonyl (C=O) groups excluding carboxylic acids is 2. The van der Waals surface area contributed by atoms with Gasteiger partial charge in [0, 0.05) is 12.2 Å². The molecule has 0 radical (unpaired) electrons. The highest BCUT2D eigenvalue weighted by Gasteiger charge is 2.08. The summed E-state index contributed by atoms with van der Waals surface area (Å²) in [5, 5.41) is 14.0. The summed E-state index contributed by atoms with van der Waals surface area (Å²) in [5.41, 5.74) is 2.38. The van der Waals surface area contributed by atoms with Crippen LogP contribution in [0, 0.1) is 11.3 Å². The first kappa shape index (κ1) is 16.2. The SMILES string of the molecule is N#CCC(=O)NCc1ccccc1NC(=O)Cc1ccccc1. The molecular formula is C18H17N3O2. The van der Waals surface area contributed by atoms with Crippen LogP contribution >= 0.6 is 0 Å². The van der Waals surface area contributed by atoms with E-state index in [1.54, 1.807) is 12.1 Å². The molecule has 116 valence electrons. The fourth-order valence-electron chi connectivity index (χ4n) is 2.10. The van der Waals surface area contributed by atoms with E-state index in [-0.39, 0.29) is 31.2 Å². The molecule has 0 aliphatic carbocycles. The predicted octanol–water partition coefficient (Wildman–Crippen LogP) is 2.40. The Morgan fingerprint density at radius 1 is 0.957 bits per heavy atom. The summed E-state index contributed by atoms with van der Waals surface area (Å²) in [6.07, 6.45) is 0.110. The molecule has 0 fully saturated rings. The highest BCUT2D eigenvalue weighted by Crippen LogP contribution is 2.15. The predicted molar refractivity (Wildman–Crippen MR) is 87.3 cm³/mol. The van der Waals surface area contributed by atoms with Crippen molar-refractivity contribution in [1.29, 1.82) is 5.26 Å². The van der Waals surface area contributed by atoms with Crippen LogP contribution in [-0.4, -0.2) is 11.8 Å². The second-order valence-corrected chi connectivity index (χ2v) is 4.98. The van der Waals surface area contributed by atoms with Crippen molar-refractivity contribution in [2.45, 2.75) is 19.4 Å². The topological polar surface area (TPSA) is 82.0 Å². The number of para-hydroxylation sites is 1. The smallest absolute Gasteiger partial charge is 0.234 e. The van der Waals surface area contributed by atoms with Crippen LogP contribution in [0.25, 0.3) is 0 Å². The van der Waals surface area contributed by atoms with Crippen LogP contribution in [-0.2, 0) is 22.6 Å². The van der Waals surface area contributed by atoms with Gasteiger partial charge in [-0.2, -0.15) is 5.26 Å². The molecule has 23 heavy (non-hydrogen) atoms. The number of hydrogen-bond donors (Lipinski definition) is 2. The second kappa shape index (κ2) is 8.35. The quantitative estimate of drug-likeness (QED) is 0.859. The number of hydrogen-bond acceptors (Lipinski definition) is 3. The lowest BCUT2D eigenvalue weighted by atomic mass is 10.1. The molecule has 0 bridgehead atoms. The molecule has 0 unspecified atom stereocenters. The fourth-order valence-corrected chi connectivity index (χ4v) is 2.10. The average Bonchev–Trinajstić information content (AvgIpc) is 2.55. The van der Waals surface area contributed by atoms with E-state index in [1.165, 1.54) is 0 Å². The number of nitrogens with one attached hydrogen (secondary N) is 2. The number of amides is 2. The average molecular weight is 307 g/mol. The molecule has 0 aliphatic rings. The van der Waals surface area contributed by atoms with Crippen LogP contribution in [0.4, 0.5) is 5.69 Å². The van der Waals surface area contributed by atoms with Crippen molar-refractivity contribution in [3.8, 4) is 6.07 Å². The molecule has 5 nitrogen and oxygen atoms in total. The molecule has 0 spiro atoms. The van der Waals surface area contributed by atoms with Gasteiger partial charge in [-0.25, -0.2) is 0 Å². The van der Waals surface area contributed by atoms with Gasteiger partial charge in [-0.15, -0.1) is 0 Å². The Kier molecular flexibility index (Phi) is 5.89. The van der Waals surface area contributed by atoms with Gasteiger partial charge >= 0.3 is 0 Å².